The average molecular weight is 821 g/mol. The number of benzene rings is 9. The van der Waals surface area contributed by atoms with Crippen LogP contribution in [0.3, 0.4) is 0 Å². The number of aryl methyl sites for hydroxylation is 2. The third kappa shape index (κ3) is 5.93. The lowest BCUT2D eigenvalue weighted by molar-refractivity contribution is 0.792. The van der Waals surface area contributed by atoms with Crippen molar-refractivity contribution in [3.05, 3.63) is 228 Å². The van der Waals surface area contributed by atoms with Crippen molar-refractivity contribution >= 4 is 65.8 Å². The van der Waals surface area contributed by atoms with Crippen molar-refractivity contribution in [1.82, 2.24) is 0 Å². The average Bonchev–Trinajstić information content (AvgIpc) is 3.63. The van der Waals surface area contributed by atoms with Crippen LogP contribution in [0.4, 0.5) is 22.7 Å². The highest BCUT2D eigenvalue weighted by Gasteiger charge is 2.29. The van der Waals surface area contributed by atoms with Crippen LogP contribution >= 0.6 is 0 Å². The van der Waals surface area contributed by atoms with Gasteiger partial charge in [-0.3, -0.25) is 0 Å². The molecule has 2 aliphatic heterocycles. The van der Waals surface area contributed by atoms with E-state index in [1.807, 2.05) is 0 Å². The summed E-state index contributed by atoms with van der Waals surface area (Å²) in [5.41, 5.74) is 18.7. The fourth-order valence-electron chi connectivity index (χ4n) is 11.6. The summed E-state index contributed by atoms with van der Waals surface area (Å²) in [6.45, 7) is 0. The van der Waals surface area contributed by atoms with Crippen molar-refractivity contribution in [3.8, 4) is 22.3 Å². The van der Waals surface area contributed by atoms with Gasteiger partial charge in [0.15, 0.2) is 0 Å². The predicted octanol–water partition coefficient (Wildman–Crippen LogP) is 17.0. The van der Waals surface area contributed by atoms with E-state index in [1.54, 1.807) is 11.1 Å². The molecule has 4 aliphatic rings. The first-order valence-electron chi connectivity index (χ1n) is 23.3. The molecule has 9 aromatic rings. The van der Waals surface area contributed by atoms with Gasteiger partial charge in [0.2, 0.25) is 0 Å². The fourth-order valence-corrected chi connectivity index (χ4v) is 11.6. The van der Waals surface area contributed by atoms with E-state index in [0.717, 1.165) is 51.4 Å². The van der Waals surface area contributed by atoms with E-state index in [4.69, 9.17) is 0 Å². The number of nitrogens with zero attached hydrogens (tertiary/aromatic N) is 2. The number of para-hydroxylation sites is 2. The second-order valence-corrected chi connectivity index (χ2v) is 18.1. The maximum atomic E-state index is 2.62. The molecule has 9 aromatic carbocycles. The Hall–Kier alpha value is -7.42. The maximum absolute atomic E-state index is 2.62. The molecule has 2 aliphatic carbocycles. The summed E-state index contributed by atoms with van der Waals surface area (Å²) in [4.78, 5) is 5.15. The first kappa shape index (κ1) is 37.2. The van der Waals surface area contributed by atoms with Gasteiger partial charge < -0.3 is 9.80 Å². The quantitative estimate of drug-likeness (QED) is 0.163. The van der Waals surface area contributed by atoms with Crippen molar-refractivity contribution in [3.63, 3.8) is 0 Å². The van der Waals surface area contributed by atoms with Gasteiger partial charge in [0, 0.05) is 34.1 Å². The zero-order valence-electron chi connectivity index (χ0n) is 36.0. The number of allylic oxidation sites excluding steroid dienone is 6. The van der Waals surface area contributed by atoms with Gasteiger partial charge >= 0.3 is 0 Å². The van der Waals surface area contributed by atoms with Crippen molar-refractivity contribution in [2.24, 2.45) is 0 Å². The Morgan fingerprint density at radius 2 is 0.781 bits per heavy atom. The van der Waals surface area contributed by atoms with E-state index in [0.29, 0.717) is 0 Å². The number of hydrogen-bond donors (Lipinski definition) is 0. The molecule has 0 amide bonds. The molecule has 2 heteroatoms. The molecule has 0 N–H and O–H groups in total. The summed E-state index contributed by atoms with van der Waals surface area (Å²) in [5, 5.41) is 10.1. The van der Waals surface area contributed by atoms with E-state index < -0.39 is 0 Å². The van der Waals surface area contributed by atoms with E-state index >= 15 is 0 Å². The van der Waals surface area contributed by atoms with E-state index in [1.165, 1.54) is 111 Å². The van der Waals surface area contributed by atoms with Crippen molar-refractivity contribution in [2.75, 3.05) is 9.80 Å². The molecule has 0 fully saturated rings. The Morgan fingerprint density at radius 1 is 0.328 bits per heavy atom. The Morgan fingerprint density at radius 3 is 1.31 bits per heavy atom. The molecule has 0 unspecified atom stereocenters. The van der Waals surface area contributed by atoms with Crippen LogP contribution < -0.4 is 9.80 Å². The molecule has 0 saturated heterocycles. The van der Waals surface area contributed by atoms with Gasteiger partial charge in [-0.1, -0.05) is 146 Å². The Balaban J connectivity index is 1.17. The van der Waals surface area contributed by atoms with Crippen LogP contribution in [-0.4, -0.2) is 0 Å². The zero-order chi connectivity index (χ0) is 42.1. The largest absolute Gasteiger partial charge is 0.311 e. The minimum atomic E-state index is 1.01. The van der Waals surface area contributed by atoms with E-state index in [2.05, 4.69) is 204 Å². The number of rotatable bonds is 4. The predicted molar refractivity (Wildman–Crippen MR) is 272 cm³/mol. The van der Waals surface area contributed by atoms with Gasteiger partial charge in [0.05, 0.1) is 0 Å². The lowest BCUT2D eigenvalue weighted by atomic mass is 9.83. The van der Waals surface area contributed by atoms with Crippen LogP contribution in [0.25, 0.3) is 65.3 Å². The van der Waals surface area contributed by atoms with Crippen LogP contribution in [0.1, 0.15) is 49.7 Å². The molecule has 0 atom stereocenters. The molecular formula is C62H48N2. The highest BCUT2D eigenvalue weighted by molar-refractivity contribution is 6.26. The Kier molecular flexibility index (Phi) is 8.79. The molecule has 0 saturated carbocycles. The van der Waals surface area contributed by atoms with Gasteiger partial charge in [-0.2, -0.15) is 0 Å². The highest BCUT2D eigenvalue weighted by atomic mass is 15.2. The molecule has 2 heterocycles. The second kappa shape index (κ2) is 15.1. The summed E-state index contributed by atoms with van der Waals surface area (Å²) in [7, 11) is 0. The molecule has 0 bridgehead atoms. The summed E-state index contributed by atoms with van der Waals surface area (Å²) in [6, 6.07) is 64.4. The lowest BCUT2D eigenvalue weighted by Crippen LogP contribution is -2.23. The Labute approximate surface area is 375 Å². The van der Waals surface area contributed by atoms with Gasteiger partial charge in [-0.25, -0.2) is 0 Å². The minimum absolute atomic E-state index is 1.01. The Bertz CT molecular complexity index is 3420. The SMILES string of the molecule is C1=CC2=C(CC1)CCC1=C(C=CCC1)N2c1ccc2c(-c3cccc4ccccc34)c3cc(N4c5ccccc5CCc5ccccc54)ccc3c(-c3cccc4ccccc34)c2c1. The first-order chi connectivity index (χ1) is 31.8. The van der Waals surface area contributed by atoms with Crippen LogP contribution in [0.15, 0.2) is 217 Å². The highest BCUT2D eigenvalue weighted by Crippen LogP contribution is 2.51. The van der Waals surface area contributed by atoms with Gasteiger partial charge in [-0.05, 0) is 188 Å². The third-order valence-electron chi connectivity index (χ3n) is 14.6. The first-order valence-corrected chi connectivity index (χ1v) is 23.3. The summed E-state index contributed by atoms with van der Waals surface area (Å²) >= 11 is 0. The van der Waals surface area contributed by atoms with Crippen molar-refractivity contribution < 1.29 is 0 Å². The van der Waals surface area contributed by atoms with Gasteiger partial charge in [-0.15, -0.1) is 0 Å². The summed E-state index contributed by atoms with van der Waals surface area (Å²) in [5.74, 6) is 0. The number of fused-ring (bicyclic) bond motifs is 6. The molecule has 13 rings (SSSR count). The van der Waals surface area contributed by atoms with Crippen molar-refractivity contribution in [2.45, 2.75) is 51.4 Å². The third-order valence-corrected chi connectivity index (χ3v) is 14.6. The molecular weight excluding hydrogens is 773 g/mol. The molecule has 2 nitrogen and oxygen atoms in total. The topological polar surface area (TPSA) is 6.48 Å². The van der Waals surface area contributed by atoms with Gasteiger partial charge in [0.1, 0.15) is 0 Å². The molecule has 0 aromatic heterocycles. The standard InChI is InChI=1S/C62H48N2/c1-7-23-49-41(15-1)21-13-25-51(49)61-53-37-35-48(64-59-29-11-5-19-45(59)33-34-46-20-6-12-30-60(46)64)40-56(53)62(52-26-14-22-42-16-2-8-24-50(42)52)54-38-36-47(39-55(54)61)63-57-27-9-3-17-43(57)31-32-44-18-4-10-28-58(44)63/h1-4,7-18,21-30,35-40H,5-6,19-20,31-34H2. The van der Waals surface area contributed by atoms with E-state index in [9.17, 15) is 0 Å². The number of hydrogen-bond acceptors (Lipinski definition) is 2. The van der Waals surface area contributed by atoms with Crippen LogP contribution in [0.2, 0.25) is 0 Å². The molecule has 0 radical (unpaired) electrons. The molecule has 64 heavy (non-hydrogen) atoms. The van der Waals surface area contributed by atoms with Crippen LogP contribution in [0.5, 0.6) is 0 Å². The smallest absolute Gasteiger partial charge is 0.0493 e. The van der Waals surface area contributed by atoms with Crippen LogP contribution in [0, 0.1) is 0 Å². The number of anilines is 4. The van der Waals surface area contributed by atoms with E-state index in [-0.39, 0.29) is 0 Å². The monoisotopic (exact) mass is 820 g/mol. The summed E-state index contributed by atoms with van der Waals surface area (Å²) in [6.07, 6.45) is 18.4. The second-order valence-electron chi connectivity index (χ2n) is 18.1. The fraction of sp³-hybridized carbons (Fsp3) is 0.129. The maximum Gasteiger partial charge on any atom is 0.0493 e. The normalized spacial score (nSPS) is 15.9. The molecule has 306 valence electrons. The van der Waals surface area contributed by atoms with Gasteiger partial charge in [0.25, 0.3) is 0 Å². The van der Waals surface area contributed by atoms with Crippen molar-refractivity contribution in [1.29, 1.82) is 0 Å². The lowest BCUT2D eigenvalue weighted by Gasteiger charge is -2.32. The van der Waals surface area contributed by atoms with Crippen LogP contribution in [-0.2, 0) is 12.8 Å². The summed E-state index contributed by atoms with van der Waals surface area (Å²) < 4.78 is 0. The molecule has 0 spiro atoms. The zero-order valence-corrected chi connectivity index (χ0v) is 36.0. The minimum Gasteiger partial charge on any atom is -0.311 e.